The van der Waals surface area contributed by atoms with E-state index in [1.807, 2.05) is 17.8 Å². The number of hydrogen-bond donors (Lipinski definition) is 1. The summed E-state index contributed by atoms with van der Waals surface area (Å²) < 4.78 is 2.06. The van der Waals surface area contributed by atoms with Gasteiger partial charge in [0.1, 0.15) is 5.01 Å². The van der Waals surface area contributed by atoms with Gasteiger partial charge in [0.25, 0.3) is 0 Å². The number of thiazole rings is 1. The Morgan fingerprint density at radius 1 is 1.43 bits per heavy atom. The highest BCUT2D eigenvalue weighted by Crippen LogP contribution is 2.10. The fourth-order valence-corrected chi connectivity index (χ4v) is 1.85. The molecule has 2 aromatic rings. The van der Waals surface area contributed by atoms with Crippen molar-refractivity contribution >= 4 is 17.3 Å². The number of rotatable bonds is 4. The molecule has 0 radical (unpaired) electrons. The largest absolute Gasteiger partial charge is 0.356 e. The maximum absolute atomic E-state index is 4.23. The van der Waals surface area contributed by atoms with Gasteiger partial charge in [-0.25, -0.2) is 9.97 Å². The highest BCUT2D eigenvalue weighted by atomic mass is 32.1. The Morgan fingerprint density at radius 3 is 3.07 bits per heavy atom. The molecule has 2 rings (SSSR count). The highest BCUT2D eigenvalue weighted by Gasteiger charge is 2.02. The molecule has 0 unspecified atom stereocenters. The zero-order valence-electron chi connectivity index (χ0n) is 7.97. The number of anilines is 1. The van der Waals surface area contributed by atoms with Crippen LogP contribution in [-0.2, 0) is 6.54 Å². The van der Waals surface area contributed by atoms with E-state index in [1.54, 1.807) is 17.5 Å². The average Bonchev–Trinajstić information content (AvgIpc) is 2.80. The predicted molar refractivity (Wildman–Crippen MR) is 57.6 cm³/mol. The van der Waals surface area contributed by atoms with Crippen LogP contribution in [0, 0.1) is 0 Å². The molecular weight excluding hydrogens is 196 g/mol. The maximum atomic E-state index is 4.23. The summed E-state index contributed by atoms with van der Waals surface area (Å²) in [6.07, 6.45) is 5.58. The summed E-state index contributed by atoms with van der Waals surface area (Å²) in [5.41, 5.74) is 0. The Labute approximate surface area is 86.6 Å². The quantitative estimate of drug-likeness (QED) is 0.833. The van der Waals surface area contributed by atoms with Crippen LogP contribution in [0.1, 0.15) is 11.9 Å². The Morgan fingerprint density at radius 2 is 2.36 bits per heavy atom. The van der Waals surface area contributed by atoms with Crippen LogP contribution in [0.25, 0.3) is 0 Å². The first-order chi connectivity index (χ1) is 6.90. The lowest BCUT2D eigenvalue weighted by Gasteiger charge is -2.05. The summed E-state index contributed by atoms with van der Waals surface area (Å²) in [6, 6.07) is 0. The molecule has 0 amide bonds. The Bertz CT molecular complexity index is 379. The van der Waals surface area contributed by atoms with E-state index in [0.717, 1.165) is 24.0 Å². The molecule has 0 bridgehead atoms. The number of aromatic nitrogens is 3. The van der Waals surface area contributed by atoms with E-state index in [-0.39, 0.29) is 0 Å². The second kappa shape index (κ2) is 4.23. The van der Waals surface area contributed by atoms with E-state index in [4.69, 9.17) is 0 Å². The van der Waals surface area contributed by atoms with Crippen LogP contribution in [0.5, 0.6) is 0 Å². The summed E-state index contributed by atoms with van der Waals surface area (Å²) in [5.74, 6) is 0.905. The van der Waals surface area contributed by atoms with Crippen molar-refractivity contribution in [1.29, 1.82) is 0 Å². The van der Waals surface area contributed by atoms with Gasteiger partial charge < -0.3 is 9.88 Å². The second-order valence-corrected chi connectivity index (χ2v) is 3.81. The Balaban J connectivity index is 2.12. The molecule has 0 spiro atoms. The Hall–Kier alpha value is -1.36. The van der Waals surface area contributed by atoms with Gasteiger partial charge >= 0.3 is 0 Å². The van der Waals surface area contributed by atoms with Crippen molar-refractivity contribution in [2.45, 2.75) is 13.5 Å². The standard InChI is InChI=1S/C9H12N4S/c1-2-10-9-12-3-5-13(9)7-8-11-4-6-14-8/h3-6H,2,7H2,1H3,(H,10,12). The third-order valence-electron chi connectivity index (χ3n) is 1.84. The maximum Gasteiger partial charge on any atom is 0.203 e. The van der Waals surface area contributed by atoms with Crippen molar-refractivity contribution in [3.05, 3.63) is 29.0 Å². The monoisotopic (exact) mass is 208 g/mol. The van der Waals surface area contributed by atoms with Gasteiger partial charge in [0, 0.05) is 30.5 Å². The van der Waals surface area contributed by atoms with E-state index in [0.29, 0.717) is 0 Å². The molecule has 0 saturated heterocycles. The highest BCUT2D eigenvalue weighted by molar-refractivity contribution is 7.09. The zero-order valence-corrected chi connectivity index (χ0v) is 8.79. The molecule has 0 atom stereocenters. The molecule has 5 heteroatoms. The molecule has 2 heterocycles. The predicted octanol–water partition coefficient (Wildman–Crippen LogP) is 1.82. The van der Waals surface area contributed by atoms with Gasteiger partial charge in [-0.2, -0.15) is 0 Å². The fraction of sp³-hybridized carbons (Fsp3) is 0.333. The SMILES string of the molecule is CCNc1nccn1Cc1nccs1. The van der Waals surface area contributed by atoms with Gasteiger partial charge in [-0.15, -0.1) is 11.3 Å². The Kier molecular flexibility index (Phi) is 2.78. The lowest BCUT2D eigenvalue weighted by molar-refractivity contribution is 0.793. The minimum Gasteiger partial charge on any atom is -0.356 e. The van der Waals surface area contributed by atoms with Gasteiger partial charge in [-0.1, -0.05) is 0 Å². The normalized spacial score (nSPS) is 10.4. The van der Waals surface area contributed by atoms with Gasteiger partial charge in [-0.3, -0.25) is 0 Å². The smallest absolute Gasteiger partial charge is 0.203 e. The zero-order chi connectivity index (χ0) is 9.80. The molecule has 0 fully saturated rings. The van der Waals surface area contributed by atoms with Crippen molar-refractivity contribution in [1.82, 2.24) is 14.5 Å². The van der Waals surface area contributed by atoms with E-state index in [9.17, 15) is 0 Å². The summed E-state index contributed by atoms with van der Waals surface area (Å²) in [5, 5.41) is 6.28. The van der Waals surface area contributed by atoms with Crippen LogP contribution in [0.2, 0.25) is 0 Å². The van der Waals surface area contributed by atoms with Gasteiger partial charge in [0.05, 0.1) is 6.54 Å². The van der Waals surface area contributed by atoms with Crippen molar-refractivity contribution < 1.29 is 0 Å². The molecule has 4 nitrogen and oxygen atoms in total. The van der Waals surface area contributed by atoms with Crippen molar-refractivity contribution in [2.75, 3.05) is 11.9 Å². The van der Waals surface area contributed by atoms with E-state index < -0.39 is 0 Å². The summed E-state index contributed by atoms with van der Waals surface area (Å²) in [6.45, 7) is 3.73. The van der Waals surface area contributed by atoms with Crippen LogP contribution in [0.15, 0.2) is 24.0 Å². The van der Waals surface area contributed by atoms with Crippen LogP contribution < -0.4 is 5.32 Å². The first-order valence-electron chi connectivity index (χ1n) is 4.53. The van der Waals surface area contributed by atoms with E-state index in [2.05, 4.69) is 26.8 Å². The lowest BCUT2D eigenvalue weighted by Crippen LogP contribution is -2.07. The minimum atomic E-state index is 0.792. The fourth-order valence-electron chi connectivity index (χ4n) is 1.24. The van der Waals surface area contributed by atoms with Crippen LogP contribution in [0.4, 0.5) is 5.95 Å². The topological polar surface area (TPSA) is 42.7 Å². The van der Waals surface area contributed by atoms with Crippen molar-refractivity contribution in [3.8, 4) is 0 Å². The third-order valence-corrected chi connectivity index (χ3v) is 2.60. The van der Waals surface area contributed by atoms with Gasteiger partial charge in [0.2, 0.25) is 5.95 Å². The molecule has 2 aromatic heterocycles. The second-order valence-electron chi connectivity index (χ2n) is 2.83. The van der Waals surface area contributed by atoms with E-state index in [1.165, 1.54) is 0 Å². The molecule has 1 N–H and O–H groups in total. The molecular formula is C9H12N4S. The third kappa shape index (κ3) is 1.93. The summed E-state index contributed by atoms with van der Waals surface area (Å²) in [4.78, 5) is 8.45. The number of imidazole rings is 1. The molecule has 0 aliphatic rings. The first kappa shape index (κ1) is 9.21. The molecule has 0 aliphatic carbocycles. The molecule has 0 aromatic carbocycles. The number of hydrogen-bond acceptors (Lipinski definition) is 4. The minimum absolute atomic E-state index is 0.792. The molecule has 74 valence electrons. The van der Waals surface area contributed by atoms with Crippen LogP contribution in [-0.4, -0.2) is 21.1 Å². The first-order valence-corrected chi connectivity index (χ1v) is 5.41. The van der Waals surface area contributed by atoms with Crippen molar-refractivity contribution in [3.63, 3.8) is 0 Å². The lowest BCUT2D eigenvalue weighted by atomic mass is 10.6. The summed E-state index contributed by atoms with van der Waals surface area (Å²) >= 11 is 1.66. The number of nitrogens with zero attached hydrogens (tertiary/aromatic N) is 3. The molecule has 14 heavy (non-hydrogen) atoms. The van der Waals surface area contributed by atoms with Gasteiger partial charge in [0.15, 0.2) is 0 Å². The van der Waals surface area contributed by atoms with Crippen LogP contribution >= 0.6 is 11.3 Å². The van der Waals surface area contributed by atoms with Crippen molar-refractivity contribution in [2.24, 2.45) is 0 Å². The molecule has 0 saturated carbocycles. The summed E-state index contributed by atoms with van der Waals surface area (Å²) in [7, 11) is 0. The van der Waals surface area contributed by atoms with Crippen LogP contribution in [0.3, 0.4) is 0 Å². The van der Waals surface area contributed by atoms with Gasteiger partial charge in [-0.05, 0) is 6.92 Å². The number of nitrogens with one attached hydrogen (secondary N) is 1. The average molecular weight is 208 g/mol. The van der Waals surface area contributed by atoms with E-state index >= 15 is 0 Å². The molecule has 0 aliphatic heterocycles.